The van der Waals surface area contributed by atoms with E-state index in [-0.39, 0.29) is 36.2 Å². The number of aliphatic hydroxyl groups is 1. The summed E-state index contributed by atoms with van der Waals surface area (Å²) < 4.78 is 75.7. The zero-order chi connectivity index (χ0) is 34.1. The average molecular weight is 715 g/mol. The van der Waals surface area contributed by atoms with Gasteiger partial charge in [0.1, 0.15) is 0 Å². The maximum Gasteiger partial charge on any atom is 0.417 e. The summed E-state index contributed by atoms with van der Waals surface area (Å²) >= 11 is 0.830. The molecule has 1 N–H and O–H groups in total. The van der Waals surface area contributed by atoms with Crippen molar-refractivity contribution in [1.29, 1.82) is 0 Å². The van der Waals surface area contributed by atoms with Crippen molar-refractivity contribution >= 4 is 27.7 Å². The number of sulfonamides is 1. The number of thioether (sulfide) groups is 1. The van der Waals surface area contributed by atoms with Crippen LogP contribution in [0.5, 0.6) is 0 Å². The van der Waals surface area contributed by atoms with Crippen molar-refractivity contribution in [3.63, 3.8) is 0 Å². The minimum Gasteiger partial charge on any atom is -0.390 e. The van der Waals surface area contributed by atoms with Crippen LogP contribution in [0.4, 0.5) is 13.2 Å². The second kappa shape index (κ2) is 15.0. The molecule has 1 amide bonds. The number of aromatic nitrogens is 2. The molecule has 0 saturated carbocycles. The molecule has 0 aliphatic carbocycles. The topological polar surface area (TPSA) is 111 Å². The minimum atomic E-state index is -4.64. The number of aliphatic hydroxyl groups excluding tert-OH is 1. The van der Waals surface area contributed by atoms with Gasteiger partial charge in [0.2, 0.25) is 15.9 Å². The molecular weight excluding hydrogens is 670 g/mol. The van der Waals surface area contributed by atoms with Crippen LogP contribution in [0.15, 0.2) is 23.1 Å². The van der Waals surface area contributed by atoms with Crippen molar-refractivity contribution in [2.24, 2.45) is 0 Å². The van der Waals surface area contributed by atoms with Crippen LogP contribution in [0.1, 0.15) is 42.5 Å². The summed E-state index contributed by atoms with van der Waals surface area (Å²) in [4.78, 5) is 19.1. The SMILES string of the molecule is CS(=O)(=O)N1CCc2c(c(-c3ccc(C(F)(F)F)c(SCC(=O)N4CCOCC4)c3)nn2CC(O)CN2CCC(N3CCCC3)CC2)C1. The predicted octanol–water partition coefficient (Wildman–Crippen LogP) is 2.76. The van der Waals surface area contributed by atoms with Crippen LogP contribution in [-0.2, 0) is 45.2 Å². The van der Waals surface area contributed by atoms with E-state index in [0.717, 1.165) is 55.7 Å². The molecule has 48 heavy (non-hydrogen) atoms. The molecule has 6 rings (SSSR count). The van der Waals surface area contributed by atoms with Crippen molar-refractivity contribution in [2.75, 3.05) is 77.6 Å². The Morgan fingerprint density at radius 2 is 1.77 bits per heavy atom. The minimum absolute atomic E-state index is 0.0304. The highest BCUT2D eigenvalue weighted by Crippen LogP contribution is 2.40. The standard InChI is InChI=1S/C32H45F3N6O5S2/c1-48(44,45)40-13-8-28-26(21-40)31(36-41(28)20-25(42)19-37-11-6-24(7-12-37)38-9-2-3-10-38)23-4-5-27(32(33,34)35)29(18-23)47-22-30(43)39-14-16-46-17-15-39/h4-5,18,24-25,42H,2-3,6-17,19-22H2,1H3. The zero-order valence-corrected chi connectivity index (χ0v) is 29.0. The Labute approximate surface area is 284 Å². The number of halogens is 3. The number of hydrogen-bond donors (Lipinski definition) is 1. The van der Waals surface area contributed by atoms with E-state index >= 15 is 0 Å². The van der Waals surface area contributed by atoms with E-state index in [4.69, 9.17) is 9.84 Å². The molecule has 11 nitrogen and oxygen atoms in total. The number of morpholine rings is 1. The van der Waals surface area contributed by atoms with Crippen molar-refractivity contribution in [3.05, 3.63) is 35.0 Å². The highest BCUT2D eigenvalue weighted by atomic mass is 32.2. The van der Waals surface area contributed by atoms with E-state index in [9.17, 15) is 31.5 Å². The van der Waals surface area contributed by atoms with Gasteiger partial charge in [0, 0.05) is 66.9 Å². The second-order valence-electron chi connectivity index (χ2n) is 13.2. The maximum atomic E-state index is 14.1. The lowest BCUT2D eigenvalue weighted by Crippen LogP contribution is -2.46. The number of alkyl halides is 3. The number of nitrogens with zero attached hydrogens (tertiary/aromatic N) is 6. The molecule has 1 atom stereocenters. The largest absolute Gasteiger partial charge is 0.417 e. The van der Waals surface area contributed by atoms with Crippen LogP contribution in [-0.4, -0.2) is 138 Å². The van der Waals surface area contributed by atoms with Gasteiger partial charge in [-0.1, -0.05) is 6.07 Å². The van der Waals surface area contributed by atoms with E-state index in [1.807, 2.05) is 0 Å². The van der Waals surface area contributed by atoms with E-state index in [1.54, 1.807) is 9.58 Å². The fourth-order valence-corrected chi connectivity index (χ4v) is 9.13. The summed E-state index contributed by atoms with van der Waals surface area (Å²) in [6, 6.07) is 4.35. The number of likely N-dealkylation sites (tertiary alicyclic amines) is 2. The molecule has 266 valence electrons. The van der Waals surface area contributed by atoms with Gasteiger partial charge in [0.15, 0.2) is 0 Å². The zero-order valence-electron chi connectivity index (χ0n) is 27.3. The first-order valence-corrected chi connectivity index (χ1v) is 19.6. The average Bonchev–Trinajstić information content (AvgIpc) is 3.72. The van der Waals surface area contributed by atoms with Gasteiger partial charge >= 0.3 is 6.18 Å². The molecule has 5 heterocycles. The van der Waals surface area contributed by atoms with Crippen molar-refractivity contribution in [3.8, 4) is 11.3 Å². The predicted molar refractivity (Wildman–Crippen MR) is 176 cm³/mol. The maximum absolute atomic E-state index is 14.1. The van der Waals surface area contributed by atoms with Crippen LogP contribution in [0, 0.1) is 0 Å². The molecule has 4 aliphatic heterocycles. The van der Waals surface area contributed by atoms with Gasteiger partial charge in [0.05, 0.1) is 49.1 Å². The smallest absolute Gasteiger partial charge is 0.390 e. The number of carbonyl (C=O) groups is 1. The first kappa shape index (κ1) is 35.6. The molecule has 0 bridgehead atoms. The van der Waals surface area contributed by atoms with Crippen LogP contribution in [0.2, 0.25) is 0 Å². The summed E-state index contributed by atoms with van der Waals surface area (Å²) in [6.07, 6.45) is 0.793. The Morgan fingerprint density at radius 1 is 1.06 bits per heavy atom. The molecule has 1 unspecified atom stereocenters. The third kappa shape index (κ3) is 8.38. The Bertz CT molecular complexity index is 1550. The summed E-state index contributed by atoms with van der Waals surface area (Å²) in [7, 11) is -3.54. The molecule has 0 spiro atoms. The number of hydrogen-bond acceptors (Lipinski definition) is 9. The van der Waals surface area contributed by atoms with Crippen LogP contribution < -0.4 is 0 Å². The van der Waals surface area contributed by atoms with Gasteiger partial charge in [-0.15, -0.1) is 11.8 Å². The molecule has 16 heteroatoms. The fourth-order valence-electron chi connectivity index (χ4n) is 7.33. The third-order valence-electron chi connectivity index (χ3n) is 9.91. The van der Waals surface area contributed by atoms with E-state index in [2.05, 4.69) is 9.80 Å². The van der Waals surface area contributed by atoms with Crippen molar-refractivity contribution in [1.82, 2.24) is 28.8 Å². The molecule has 0 radical (unpaired) electrons. The molecule has 1 aromatic carbocycles. The quantitative estimate of drug-likeness (QED) is 0.372. The third-order valence-corrected chi connectivity index (χ3v) is 12.2. The van der Waals surface area contributed by atoms with Crippen molar-refractivity contribution in [2.45, 2.75) is 68.4 Å². The van der Waals surface area contributed by atoms with Gasteiger partial charge in [-0.2, -0.15) is 22.6 Å². The summed E-state index contributed by atoms with van der Waals surface area (Å²) in [5.74, 6) is -0.427. The molecule has 3 saturated heterocycles. The van der Waals surface area contributed by atoms with E-state index < -0.39 is 27.9 Å². The highest BCUT2D eigenvalue weighted by Gasteiger charge is 2.36. The lowest BCUT2D eigenvalue weighted by molar-refractivity contribution is -0.139. The molecule has 2 aromatic rings. The van der Waals surface area contributed by atoms with Gasteiger partial charge in [-0.05, 0) is 64.0 Å². The number of benzene rings is 1. The van der Waals surface area contributed by atoms with Crippen LogP contribution in [0.25, 0.3) is 11.3 Å². The van der Waals surface area contributed by atoms with Gasteiger partial charge in [-0.25, -0.2) is 8.42 Å². The van der Waals surface area contributed by atoms with Gasteiger partial charge in [-0.3, -0.25) is 9.48 Å². The monoisotopic (exact) mass is 714 g/mol. The Hall–Kier alpha value is -2.21. The van der Waals surface area contributed by atoms with Gasteiger partial charge < -0.3 is 24.5 Å². The summed E-state index contributed by atoms with van der Waals surface area (Å²) in [5.41, 5.74) is 1.32. The molecular formula is C32H45F3N6O5S2. The first-order valence-electron chi connectivity index (χ1n) is 16.7. The Morgan fingerprint density at radius 3 is 2.44 bits per heavy atom. The lowest BCUT2D eigenvalue weighted by atomic mass is 10.0. The molecule has 3 fully saturated rings. The Balaban J connectivity index is 1.23. The summed E-state index contributed by atoms with van der Waals surface area (Å²) in [6.45, 7) is 6.67. The number of rotatable bonds is 10. The number of carbonyl (C=O) groups excluding carboxylic acids is 1. The molecule has 4 aliphatic rings. The normalized spacial score (nSPS) is 21.5. The number of amides is 1. The summed E-state index contributed by atoms with van der Waals surface area (Å²) in [5, 5.41) is 16.0. The number of fused-ring (bicyclic) bond motifs is 1. The second-order valence-corrected chi connectivity index (χ2v) is 16.2. The Kier molecular flexibility index (Phi) is 11.1. The van der Waals surface area contributed by atoms with Gasteiger partial charge in [0.25, 0.3) is 0 Å². The number of piperidine rings is 1. The fraction of sp³-hybridized carbons (Fsp3) is 0.688. The van der Waals surface area contributed by atoms with Crippen LogP contribution in [0.3, 0.4) is 0 Å². The highest BCUT2D eigenvalue weighted by molar-refractivity contribution is 8.00. The van der Waals surface area contributed by atoms with Crippen LogP contribution >= 0.6 is 11.8 Å². The van der Waals surface area contributed by atoms with E-state index in [0.29, 0.717) is 62.1 Å². The first-order chi connectivity index (χ1) is 22.9. The lowest BCUT2D eigenvalue weighted by Gasteiger charge is -2.37. The van der Waals surface area contributed by atoms with Crippen molar-refractivity contribution < 1.29 is 36.2 Å². The molecule has 1 aromatic heterocycles. The number of ether oxygens (including phenoxy) is 1. The number of β-amino-alcohol motifs (C(OH)–C–C–N with tert-alkyl or cyclic N) is 1. The van der Waals surface area contributed by atoms with E-state index in [1.165, 1.54) is 42.4 Å².